The largest absolute Gasteiger partial charge is 0.507 e. The summed E-state index contributed by atoms with van der Waals surface area (Å²) < 4.78 is 10.7. The summed E-state index contributed by atoms with van der Waals surface area (Å²) in [5.74, 6) is -1.06. The van der Waals surface area contributed by atoms with E-state index in [1.165, 1.54) is 29.2 Å². The molecule has 0 aliphatic carbocycles. The Kier molecular flexibility index (Phi) is 6.51. The summed E-state index contributed by atoms with van der Waals surface area (Å²) in [4.78, 5) is 40.5. The number of likely N-dealkylation sites (N-methyl/N-ethyl adjacent to an activating group) is 1. The maximum atomic E-state index is 13.1. The SMILES string of the molecule is CCN(CC)CCN1C(=O)C(=O)/C(=C(/O)c2ccc3c(c2)OCO3)C1c1cccc([N+](=O)[O-])c1. The fraction of sp³-hybridized carbons (Fsp3) is 0.333. The predicted octanol–water partition coefficient (Wildman–Crippen LogP) is 3.09. The molecule has 1 N–H and O–H groups in total. The van der Waals surface area contributed by atoms with E-state index in [0.29, 0.717) is 23.6 Å². The highest BCUT2D eigenvalue weighted by molar-refractivity contribution is 6.46. The first-order valence-electron chi connectivity index (χ1n) is 11.0. The summed E-state index contributed by atoms with van der Waals surface area (Å²) in [5, 5.41) is 22.6. The number of ketones is 1. The van der Waals surface area contributed by atoms with E-state index in [0.717, 1.165) is 13.1 Å². The number of aliphatic hydroxyl groups is 1. The fourth-order valence-corrected chi connectivity index (χ4v) is 4.25. The van der Waals surface area contributed by atoms with Crippen molar-refractivity contribution in [2.75, 3.05) is 33.0 Å². The van der Waals surface area contributed by atoms with E-state index < -0.39 is 22.7 Å². The molecule has 0 spiro atoms. The van der Waals surface area contributed by atoms with Gasteiger partial charge in [-0.2, -0.15) is 0 Å². The van der Waals surface area contributed by atoms with Crippen molar-refractivity contribution in [3.63, 3.8) is 0 Å². The highest BCUT2D eigenvalue weighted by Gasteiger charge is 2.46. The number of nitro groups is 1. The van der Waals surface area contributed by atoms with Crippen LogP contribution in [0.25, 0.3) is 5.76 Å². The molecule has 0 saturated carbocycles. The first-order valence-corrected chi connectivity index (χ1v) is 11.0. The van der Waals surface area contributed by atoms with Crippen LogP contribution in [0.1, 0.15) is 31.0 Å². The van der Waals surface area contributed by atoms with E-state index >= 15 is 0 Å². The zero-order valence-corrected chi connectivity index (χ0v) is 18.9. The highest BCUT2D eigenvalue weighted by atomic mass is 16.7. The molecule has 10 heteroatoms. The number of benzene rings is 2. The predicted molar refractivity (Wildman–Crippen MR) is 122 cm³/mol. The summed E-state index contributed by atoms with van der Waals surface area (Å²) in [5.41, 5.74) is 0.357. The van der Waals surface area contributed by atoms with Gasteiger partial charge in [0.1, 0.15) is 5.76 Å². The lowest BCUT2D eigenvalue weighted by molar-refractivity contribution is -0.384. The summed E-state index contributed by atoms with van der Waals surface area (Å²) >= 11 is 0. The maximum absolute atomic E-state index is 13.1. The van der Waals surface area contributed by atoms with E-state index in [9.17, 15) is 24.8 Å². The molecule has 178 valence electrons. The summed E-state index contributed by atoms with van der Waals surface area (Å²) in [7, 11) is 0. The third-order valence-corrected chi connectivity index (χ3v) is 6.13. The number of rotatable bonds is 8. The van der Waals surface area contributed by atoms with Gasteiger partial charge in [-0.3, -0.25) is 19.7 Å². The lowest BCUT2D eigenvalue weighted by Crippen LogP contribution is -2.38. The molecule has 1 amide bonds. The van der Waals surface area contributed by atoms with Crippen LogP contribution in [0.2, 0.25) is 0 Å². The Morgan fingerprint density at radius 1 is 1.15 bits per heavy atom. The van der Waals surface area contributed by atoms with Crippen LogP contribution in [0.5, 0.6) is 11.5 Å². The first-order chi connectivity index (χ1) is 16.3. The number of carbonyl (C=O) groups excluding carboxylic acids is 2. The number of hydrogen-bond donors (Lipinski definition) is 1. The Hall–Kier alpha value is -3.92. The van der Waals surface area contributed by atoms with Crippen LogP contribution in [0.15, 0.2) is 48.0 Å². The average molecular weight is 467 g/mol. The number of carbonyl (C=O) groups is 2. The second-order valence-electron chi connectivity index (χ2n) is 7.94. The molecule has 2 aromatic carbocycles. The van der Waals surface area contributed by atoms with Gasteiger partial charge in [0, 0.05) is 30.8 Å². The van der Waals surface area contributed by atoms with Crippen molar-refractivity contribution in [2.45, 2.75) is 19.9 Å². The molecule has 0 aromatic heterocycles. The maximum Gasteiger partial charge on any atom is 0.295 e. The smallest absolute Gasteiger partial charge is 0.295 e. The molecule has 2 heterocycles. The lowest BCUT2D eigenvalue weighted by Gasteiger charge is -2.28. The van der Waals surface area contributed by atoms with E-state index in [2.05, 4.69) is 4.90 Å². The van der Waals surface area contributed by atoms with Crippen molar-refractivity contribution in [3.05, 3.63) is 69.3 Å². The number of Topliss-reactive ketones (excluding diaryl/α,β-unsaturated/α-hetero) is 1. The van der Waals surface area contributed by atoms with E-state index in [4.69, 9.17) is 9.47 Å². The van der Waals surface area contributed by atoms with Crippen LogP contribution in [0.3, 0.4) is 0 Å². The molecule has 1 saturated heterocycles. The zero-order chi connectivity index (χ0) is 24.4. The molecule has 10 nitrogen and oxygen atoms in total. The molecule has 34 heavy (non-hydrogen) atoms. The van der Waals surface area contributed by atoms with Gasteiger partial charge in [0.05, 0.1) is 16.5 Å². The first kappa shape index (κ1) is 23.2. The van der Waals surface area contributed by atoms with E-state index in [1.807, 2.05) is 13.8 Å². The molecule has 2 aliphatic rings. The van der Waals surface area contributed by atoms with Gasteiger partial charge in [0.15, 0.2) is 11.5 Å². The van der Waals surface area contributed by atoms with Gasteiger partial charge in [-0.25, -0.2) is 0 Å². The second-order valence-corrected chi connectivity index (χ2v) is 7.94. The summed E-state index contributed by atoms with van der Waals surface area (Å²) in [6.07, 6.45) is 0. The minimum Gasteiger partial charge on any atom is -0.507 e. The van der Waals surface area contributed by atoms with Gasteiger partial charge >= 0.3 is 0 Å². The Morgan fingerprint density at radius 3 is 2.59 bits per heavy atom. The van der Waals surface area contributed by atoms with Crippen molar-refractivity contribution in [2.24, 2.45) is 0 Å². The Bertz CT molecular complexity index is 1170. The minimum absolute atomic E-state index is 0.0446. The topological polar surface area (TPSA) is 122 Å². The molecule has 0 bridgehead atoms. The third-order valence-electron chi connectivity index (χ3n) is 6.13. The number of ether oxygens (including phenoxy) is 2. The normalized spacial score (nSPS) is 18.7. The molecule has 1 unspecified atom stereocenters. The molecule has 2 aromatic rings. The van der Waals surface area contributed by atoms with Crippen LogP contribution in [-0.4, -0.2) is 64.5 Å². The van der Waals surface area contributed by atoms with Gasteiger partial charge in [0.25, 0.3) is 17.4 Å². The van der Waals surface area contributed by atoms with Gasteiger partial charge in [-0.05, 0) is 36.9 Å². The van der Waals surface area contributed by atoms with Gasteiger partial charge in [-0.1, -0.05) is 26.0 Å². The molecular formula is C24H25N3O7. The second kappa shape index (κ2) is 9.52. The van der Waals surface area contributed by atoms with Crippen molar-refractivity contribution in [3.8, 4) is 11.5 Å². The number of nitro benzene ring substituents is 1. The number of hydrogen-bond acceptors (Lipinski definition) is 8. The number of non-ortho nitro benzene ring substituents is 1. The molecule has 1 fully saturated rings. The van der Waals surface area contributed by atoms with E-state index in [-0.39, 0.29) is 35.9 Å². The summed E-state index contributed by atoms with van der Waals surface area (Å²) in [6.45, 7) is 6.29. The minimum atomic E-state index is -0.971. The van der Waals surface area contributed by atoms with Gasteiger partial charge < -0.3 is 24.4 Å². The standard InChI is InChI=1S/C24H25N3O7/c1-3-25(4-2)10-11-26-21(15-6-5-7-17(12-15)27(31)32)20(23(29)24(26)30)22(28)16-8-9-18-19(13-16)34-14-33-18/h5-9,12-13,21,28H,3-4,10-11,14H2,1-2H3/b22-20+. The monoisotopic (exact) mass is 467 g/mol. The van der Waals surface area contributed by atoms with Gasteiger partial charge in [-0.15, -0.1) is 0 Å². The number of amides is 1. The number of aliphatic hydroxyl groups excluding tert-OH is 1. The highest BCUT2D eigenvalue weighted by Crippen LogP contribution is 2.41. The van der Waals surface area contributed by atoms with Crippen LogP contribution in [0.4, 0.5) is 5.69 Å². The molecule has 4 rings (SSSR count). The Balaban J connectivity index is 1.82. The quantitative estimate of drug-likeness (QED) is 0.207. The molecular weight excluding hydrogens is 442 g/mol. The number of fused-ring (bicyclic) bond motifs is 1. The molecule has 0 radical (unpaired) electrons. The Labute approximate surface area is 196 Å². The lowest BCUT2D eigenvalue weighted by atomic mass is 9.95. The number of likely N-dealkylation sites (tertiary alicyclic amines) is 1. The van der Waals surface area contributed by atoms with Crippen molar-refractivity contribution >= 4 is 23.1 Å². The van der Waals surface area contributed by atoms with E-state index in [1.54, 1.807) is 18.2 Å². The molecule has 2 aliphatic heterocycles. The van der Waals surface area contributed by atoms with Crippen LogP contribution >= 0.6 is 0 Å². The third kappa shape index (κ3) is 4.19. The summed E-state index contributed by atoms with van der Waals surface area (Å²) in [6, 6.07) is 9.51. The average Bonchev–Trinajstić information content (AvgIpc) is 3.41. The van der Waals surface area contributed by atoms with Crippen molar-refractivity contribution < 1.29 is 29.1 Å². The molecule has 1 atom stereocenters. The van der Waals surface area contributed by atoms with Crippen molar-refractivity contribution in [1.82, 2.24) is 9.80 Å². The Morgan fingerprint density at radius 2 is 1.88 bits per heavy atom. The van der Waals surface area contributed by atoms with Crippen LogP contribution in [-0.2, 0) is 9.59 Å². The van der Waals surface area contributed by atoms with Gasteiger partial charge in [0.2, 0.25) is 6.79 Å². The fourth-order valence-electron chi connectivity index (χ4n) is 4.25. The zero-order valence-electron chi connectivity index (χ0n) is 18.9. The number of nitrogens with zero attached hydrogens (tertiary/aromatic N) is 3. The van der Waals surface area contributed by atoms with Crippen LogP contribution in [0, 0.1) is 10.1 Å². The van der Waals surface area contributed by atoms with Crippen LogP contribution < -0.4 is 9.47 Å². The van der Waals surface area contributed by atoms with Crippen molar-refractivity contribution in [1.29, 1.82) is 0 Å².